The van der Waals surface area contributed by atoms with E-state index in [0.717, 1.165) is 12.3 Å². The fourth-order valence-electron chi connectivity index (χ4n) is 1.64. The minimum Gasteiger partial charge on any atom is -0.497 e. The summed E-state index contributed by atoms with van der Waals surface area (Å²) in [5.74, 6) is 0.886. The highest BCUT2D eigenvalue weighted by atomic mass is 16.7. The summed E-state index contributed by atoms with van der Waals surface area (Å²) in [5.41, 5.74) is 2.38. The topological polar surface area (TPSA) is 39.7 Å². The van der Waals surface area contributed by atoms with Crippen molar-refractivity contribution in [2.45, 2.75) is 19.8 Å². The van der Waals surface area contributed by atoms with Crippen molar-refractivity contribution in [3.8, 4) is 5.75 Å². The summed E-state index contributed by atoms with van der Waals surface area (Å²) in [5, 5.41) is 3.28. The van der Waals surface area contributed by atoms with Gasteiger partial charge >= 0.3 is 0 Å². The van der Waals surface area contributed by atoms with Crippen molar-refractivity contribution in [3.05, 3.63) is 29.3 Å². The van der Waals surface area contributed by atoms with Gasteiger partial charge in [-0.05, 0) is 30.2 Å². The van der Waals surface area contributed by atoms with E-state index in [-0.39, 0.29) is 6.29 Å². The molecule has 1 rings (SSSR count). The molecule has 0 atom stereocenters. The van der Waals surface area contributed by atoms with E-state index < -0.39 is 0 Å². The molecule has 0 heterocycles. The van der Waals surface area contributed by atoms with Crippen molar-refractivity contribution in [2.24, 2.45) is 0 Å². The molecule has 0 aliphatic rings. The predicted octanol–water partition coefficient (Wildman–Crippen LogP) is 1.71. The van der Waals surface area contributed by atoms with Crippen LogP contribution in [0.25, 0.3) is 0 Å². The van der Waals surface area contributed by atoms with Crippen LogP contribution in [0.4, 0.5) is 0 Å². The third kappa shape index (κ3) is 4.73. The van der Waals surface area contributed by atoms with Gasteiger partial charge in [-0.25, -0.2) is 0 Å². The lowest BCUT2D eigenvalue weighted by Gasteiger charge is -2.14. The lowest BCUT2D eigenvalue weighted by molar-refractivity contribution is -0.0989. The molecule has 17 heavy (non-hydrogen) atoms. The third-order valence-corrected chi connectivity index (χ3v) is 2.51. The maximum absolute atomic E-state index is 5.23. The second kappa shape index (κ2) is 7.27. The van der Waals surface area contributed by atoms with Gasteiger partial charge in [-0.2, -0.15) is 0 Å². The maximum Gasteiger partial charge on any atom is 0.169 e. The van der Waals surface area contributed by atoms with Crippen molar-refractivity contribution in [2.75, 3.05) is 27.9 Å². The number of benzene rings is 1. The molecule has 0 aliphatic carbocycles. The minimum atomic E-state index is -0.207. The smallest absolute Gasteiger partial charge is 0.169 e. The van der Waals surface area contributed by atoms with Crippen LogP contribution in [0, 0.1) is 6.92 Å². The van der Waals surface area contributed by atoms with Gasteiger partial charge in [-0.3, -0.25) is 0 Å². The van der Waals surface area contributed by atoms with Gasteiger partial charge in [0.25, 0.3) is 0 Å². The Bertz CT molecular complexity index is 337. The molecule has 4 heteroatoms. The summed E-state index contributed by atoms with van der Waals surface area (Å²) in [6.45, 7) is 3.48. The van der Waals surface area contributed by atoms with E-state index in [2.05, 4.69) is 18.3 Å². The molecule has 0 saturated heterocycles. The Morgan fingerprint density at radius 2 is 1.82 bits per heavy atom. The second-order valence-electron chi connectivity index (χ2n) is 3.89. The Morgan fingerprint density at radius 1 is 1.12 bits per heavy atom. The first-order valence-electron chi connectivity index (χ1n) is 5.60. The van der Waals surface area contributed by atoms with E-state index in [4.69, 9.17) is 14.2 Å². The third-order valence-electron chi connectivity index (χ3n) is 2.51. The number of methoxy groups -OCH3 is 3. The molecule has 0 bridgehead atoms. The monoisotopic (exact) mass is 239 g/mol. The molecule has 0 amide bonds. The largest absolute Gasteiger partial charge is 0.497 e. The van der Waals surface area contributed by atoms with Gasteiger partial charge in [-0.1, -0.05) is 6.07 Å². The zero-order valence-corrected chi connectivity index (χ0v) is 10.9. The second-order valence-corrected chi connectivity index (χ2v) is 3.89. The number of hydrogen-bond acceptors (Lipinski definition) is 4. The average molecular weight is 239 g/mol. The molecule has 0 aromatic heterocycles. The van der Waals surface area contributed by atoms with Gasteiger partial charge in [0.1, 0.15) is 5.75 Å². The first-order valence-corrected chi connectivity index (χ1v) is 5.60. The van der Waals surface area contributed by atoms with Gasteiger partial charge < -0.3 is 19.5 Å². The van der Waals surface area contributed by atoms with Gasteiger partial charge in [-0.15, -0.1) is 0 Å². The van der Waals surface area contributed by atoms with Gasteiger partial charge in [0.2, 0.25) is 0 Å². The van der Waals surface area contributed by atoms with E-state index in [1.807, 2.05) is 12.1 Å². The van der Waals surface area contributed by atoms with Crippen molar-refractivity contribution in [1.82, 2.24) is 5.32 Å². The van der Waals surface area contributed by atoms with E-state index in [1.165, 1.54) is 11.1 Å². The van der Waals surface area contributed by atoms with Crippen molar-refractivity contribution in [1.29, 1.82) is 0 Å². The Hall–Kier alpha value is -1.10. The highest BCUT2D eigenvalue weighted by molar-refractivity contribution is 5.33. The number of hydrogen-bond donors (Lipinski definition) is 1. The van der Waals surface area contributed by atoms with Crippen LogP contribution in [0.1, 0.15) is 11.1 Å². The molecule has 0 spiro atoms. The summed E-state index contributed by atoms with van der Waals surface area (Å²) in [6, 6.07) is 6.16. The number of nitrogens with one attached hydrogen (secondary N) is 1. The first kappa shape index (κ1) is 14.0. The summed E-state index contributed by atoms with van der Waals surface area (Å²) in [4.78, 5) is 0. The number of rotatable bonds is 7. The summed E-state index contributed by atoms with van der Waals surface area (Å²) >= 11 is 0. The van der Waals surface area contributed by atoms with E-state index in [1.54, 1.807) is 21.3 Å². The quantitative estimate of drug-likeness (QED) is 0.735. The van der Waals surface area contributed by atoms with E-state index in [0.29, 0.717) is 6.54 Å². The zero-order chi connectivity index (χ0) is 12.7. The van der Waals surface area contributed by atoms with Crippen LogP contribution in [-0.4, -0.2) is 34.2 Å². The summed E-state index contributed by atoms with van der Waals surface area (Å²) in [7, 11) is 4.94. The Kier molecular flexibility index (Phi) is 5.97. The summed E-state index contributed by atoms with van der Waals surface area (Å²) < 4.78 is 15.4. The van der Waals surface area contributed by atoms with Gasteiger partial charge in [0.15, 0.2) is 6.29 Å². The van der Waals surface area contributed by atoms with Crippen LogP contribution < -0.4 is 10.1 Å². The van der Waals surface area contributed by atoms with Gasteiger partial charge in [0.05, 0.1) is 7.11 Å². The lowest BCUT2D eigenvalue weighted by Crippen LogP contribution is -2.29. The number of ether oxygens (including phenoxy) is 3. The first-order chi connectivity index (χ1) is 8.19. The fourth-order valence-corrected chi connectivity index (χ4v) is 1.64. The number of aryl methyl sites for hydroxylation is 1. The molecule has 1 N–H and O–H groups in total. The van der Waals surface area contributed by atoms with Crippen LogP contribution >= 0.6 is 0 Å². The van der Waals surface area contributed by atoms with Crippen LogP contribution in [0.15, 0.2) is 18.2 Å². The molecular weight excluding hydrogens is 218 g/mol. The Morgan fingerprint density at radius 3 is 2.41 bits per heavy atom. The van der Waals surface area contributed by atoms with Crippen molar-refractivity contribution in [3.63, 3.8) is 0 Å². The highest BCUT2D eigenvalue weighted by Crippen LogP contribution is 2.16. The molecule has 1 aromatic rings. The minimum absolute atomic E-state index is 0.207. The predicted molar refractivity (Wildman–Crippen MR) is 67.2 cm³/mol. The molecule has 1 aromatic carbocycles. The molecule has 0 saturated carbocycles. The Balaban J connectivity index is 2.48. The Labute approximate surface area is 103 Å². The molecule has 0 unspecified atom stereocenters. The lowest BCUT2D eigenvalue weighted by atomic mass is 10.1. The molecule has 96 valence electrons. The van der Waals surface area contributed by atoms with Crippen LogP contribution in [0.5, 0.6) is 5.75 Å². The average Bonchev–Trinajstić information content (AvgIpc) is 2.34. The van der Waals surface area contributed by atoms with Crippen LogP contribution in [0.2, 0.25) is 0 Å². The fraction of sp³-hybridized carbons (Fsp3) is 0.538. The van der Waals surface area contributed by atoms with Crippen LogP contribution in [-0.2, 0) is 16.0 Å². The van der Waals surface area contributed by atoms with Crippen molar-refractivity contribution < 1.29 is 14.2 Å². The molecular formula is C13H21NO3. The van der Waals surface area contributed by atoms with E-state index in [9.17, 15) is 0 Å². The molecule has 0 fully saturated rings. The van der Waals surface area contributed by atoms with Crippen LogP contribution in [0.3, 0.4) is 0 Å². The van der Waals surface area contributed by atoms with Gasteiger partial charge in [0, 0.05) is 27.3 Å². The highest BCUT2D eigenvalue weighted by Gasteiger charge is 2.04. The SMILES string of the molecule is COc1cc(C)cc(CNCC(OC)OC)c1. The van der Waals surface area contributed by atoms with Crippen molar-refractivity contribution >= 4 is 0 Å². The molecule has 0 aliphatic heterocycles. The standard InChI is InChI=1S/C13H21NO3/c1-10-5-11(7-12(6-10)15-2)8-14-9-13(16-3)17-4/h5-7,13-14H,8-9H2,1-4H3. The zero-order valence-electron chi connectivity index (χ0n) is 10.9. The molecule has 4 nitrogen and oxygen atoms in total. The van der Waals surface area contributed by atoms with E-state index >= 15 is 0 Å². The normalized spacial score (nSPS) is 10.9. The summed E-state index contributed by atoms with van der Waals surface area (Å²) in [6.07, 6.45) is -0.207. The molecule has 0 radical (unpaired) electrons. The maximum atomic E-state index is 5.23.